The molecule has 6 fully saturated rings. The Hall–Kier alpha value is -1.71. The van der Waals surface area contributed by atoms with Crippen LogP contribution in [0.1, 0.15) is 143 Å². The van der Waals surface area contributed by atoms with E-state index < -0.39 is 70.1 Å². The van der Waals surface area contributed by atoms with E-state index in [1.54, 1.807) is 14.0 Å². The van der Waals surface area contributed by atoms with Crippen LogP contribution in [0.15, 0.2) is 11.8 Å². The molecule has 0 amide bonds. The number of nitrogens with one attached hydrogen (secondary N) is 1. The number of ether oxygens (including phenoxy) is 2. The number of allylic oxidation sites excluding steroid dienone is 2. The molecule has 0 spiro atoms. The summed E-state index contributed by atoms with van der Waals surface area (Å²) in [4.78, 5) is 31.4. The van der Waals surface area contributed by atoms with Gasteiger partial charge in [-0.15, -0.1) is 0 Å². The zero-order valence-electron chi connectivity index (χ0n) is 35.7. The number of rotatable bonds is 12. The van der Waals surface area contributed by atoms with Gasteiger partial charge < -0.3 is 39.8 Å². The number of fused-ring (bicyclic) bond motifs is 2. The topological polar surface area (TPSA) is 201 Å². The lowest BCUT2D eigenvalue weighted by Crippen LogP contribution is -2.59. The minimum Gasteiger partial charge on any atom is -0.513 e. The van der Waals surface area contributed by atoms with E-state index in [0.717, 1.165) is 57.7 Å². The van der Waals surface area contributed by atoms with Crippen molar-refractivity contribution in [3.63, 3.8) is 0 Å². The minimum absolute atomic E-state index is 0.174. The number of aldehydes is 1. The normalized spacial score (nSPS) is 49.5. The highest BCUT2D eigenvalue weighted by Gasteiger charge is 2.67. The van der Waals surface area contributed by atoms with E-state index in [0.29, 0.717) is 75.4 Å². The molecular weight excluding hydrogens is 744 g/mol. The van der Waals surface area contributed by atoms with Crippen LogP contribution in [-0.2, 0) is 19.1 Å². The SMILES string of the molecule is COC(CC[C@@H]1CC=C(O)CC1)(COC1CCC(C2(C=O)CC(C3CCCCC3[N+](=O)[O-])NO2)[C@@H](O)[C@@]2(C)C1CCC2(C)O)C1CCC(C)C2CCC(O)C2(C)[C@@H]1O. The molecule has 0 aromatic rings. The molecule has 7 aliphatic rings. The lowest BCUT2D eigenvalue weighted by molar-refractivity contribution is -0.536. The number of hydrogen-bond donors (Lipinski definition) is 6. The fourth-order valence-electron chi connectivity index (χ4n) is 14.3. The van der Waals surface area contributed by atoms with Gasteiger partial charge in [0.15, 0.2) is 11.9 Å². The molecule has 6 aliphatic carbocycles. The van der Waals surface area contributed by atoms with Crippen LogP contribution in [0.25, 0.3) is 0 Å². The summed E-state index contributed by atoms with van der Waals surface area (Å²) in [6.45, 7) is 8.17. The summed E-state index contributed by atoms with van der Waals surface area (Å²) in [5, 5.41) is 71.0. The molecule has 330 valence electrons. The minimum atomic E-state index is -1.45. The molecule has 18 atom stereocenters. The molecule has 0 aromatic carbocycles. The second-order valence-corrected chi connectivity index (χ2v) is 20.9. The monoisotopic (exact) mass is 819 g/mol. The molecule has 0 bridgehead atoms. The van der Waals surface area contributed by atoms with E-state index in [2.05, 4.69) is 19.3 Å². The smallest absolute Gasteiger partial charge is 0.217 e. The highest BCUT2D eigenvalue weighted by Crippen LogP contribution is 2.61. The molecule has 0 radical (unpaired) electrons. The summed E-state index contributed by atoms with van der Waals surface area (Å²) < 4.78 is 13.9. The first-order valence-corrected chi connectivity index (χ1v) is 22.8. The van der Waals surface area contributed by atoms with Gasteiger partial charge in [-0.25, -0.2) is 0 Å². The molecule has 1 aliphatic heterocycles. The first-order chi connectivity index (χ1) is 27.5. The van der Waals surface area contributed by atoms with E-state index in [9.17, 15) is 40.4 Å². The van der Waals surface area contributed by atoms with Crippen molar-refractivity contribution < 1.29 is 49.6 Å². The van der Waals surface area contributed by atoms with Gasteiger partial charge in [-0.3, -0.25) is 15.0 Å². The lowest BCUT2D eigenvalue weighted by Gasteiger charge is -2.50. The molecule has 7 rings (SSSR count). The van der Waals surface area contributed by atoms with Crippen LogP contribution in [0.2, 0.25) is 0 Å². The lowest BCUT2D eigenvalue weighted by atomic mass is 9.61. The first kappa shape index (κ1) is 44.3. The molecule has 0 aromatic heterocycles. The van der Waals surface area contributed by atoms with Crippen molar-refractivity contribution in [1.82, 2.24) is 5.48 Å². The molecule has 58 heavy (non-hydrogen) atoms. The number of hydroxylamine groups is 1. The third-order valence-corrected chi connectivity index (χ3v) is 18.4. The van der Waals surface area contributed by atoms with Gasteiger partial charge in [0.25, 0.3) is 0 Å². The van der Waals surface area contributed by atoms with Crippen molar-refractivity contribution in [2.75, 3.05) is 13.7 Å². The number of aliphatic hydroxyl groups excluding tert-OH is 4. The van der Waals surface area contributed by atoms with Crippen molar-refractivity contribution in [3.05, 3.63) is 21.9 Å². The van der Waals surface area contributed by atoms with Crippen LogP contribution in [-0.4, -0.2) is 104 Å². The molecule has 14 unspecified atom stereocenters. The van der Waals surface area contributed by atoms with Gasteiger partial charge in [-0.05, 0) is 127 Å². The van der Waals surface area contributed by atoms with Gasteiger partial charge in [-0.2, -0.15) is 5.48 Å². The number of carbonyl (C=O) groups is 1. The molecule has 13 heteroatoms. The Morgan fingerprint density at radius 3 is 2.41 bits per heavy atom. The Morgan fingerprint density at radius 2 is 1.72 bits per heavy atom. The van der Waals surface area contributed by atoms with Gasteiger partial charge in [-0.1, -0.05) is 27.2 Å². The molecule has 6 N–H and O–H groups in total. The third-order valence-electron chi connectivity index (χ3n) is 18.4. The van der Waals surface area contributed by atoms with Crippen LogP contribution in [0, 0.1) is 62.4 Å². The fourth-order valence-corrected chi connectivity index (χ4v) is 14.3. The first-order valence-electron chi connectivity index (χ1n) is 22.8. The van der Waals surface area contributed by atoms with E-state index >= 15 is 0 Å². The summed E-state index contributed by atoms with van der Waals surface area (Å²) in [6, 6.07) is -1.15. The Bertz CT molecular complexity index is 1510. The summed E-state index contributed by atoms with van der Waals surface area (Å²) in [5.41, 5.74) is -2.37. The van der Waals surface area contributed by atoms with Crippen LogP contribution in [0.4, 0.5) is 0 Å². The van der Waals surface area contributed by atoms with E-state index in [4.69, 9.17) is 14.3 Å². The second-order valence-electron chi connectivity index (χ2n) is 20.9. The number of hydrogen-bond acceptors (Lipinski definition) is 12. The molecule has 13 nitrogen and oxygen atoms in total. The van der Waals surface area contributed by atoms with Crippen molar-refractivity contribution in [2.45, 2.75) is 197 Å². The molecule has 1 saturated heterocycles. The average Bonchev–Trinajstić information content (AvgIpc) is 3.82. The Morgan fingerprint density at radius 1 is 0.983 bits per heavy atom. The van der Waals surface area contributed by atoms with E-state index in [-0.39, 0.29) is 41.6 Å². The zero-order valence-corrected chi connectivity index (χ0v) is 35.7. The van der Waals surface area contributed by atoms with Gasteiger partial charge in [0.05, 0.1) is 48.0 Å². The number of carbonyl (C=O) groups excluding carboxylic acids is 1. The Kier molecular flexibility index (Phi) is 12.9. The number of nitro groups is 1. The zero-order chi connectivity index (χ0) is 41.8. The average molecular weight is 819 g/mol. The van der Waals surface area contributed by atoms with Gasteiger partial charge in [0.2, 0.25) is 6.04 Å². The highest BCUT2D eigenvalue weighted by molar-refractivity contribution is 5.64. The fraction of sp³-hybridized carbons (Fsp3) is 0.933. The maximum atomic E-state index is 13.3. The molecular formula is C45H74N2O11. The van der Waals surface area contributed by atoms with Crippen molar-refractivity contribution >= 4 is 6.29 Å². The van der Waals surface area contributed by atoms with Crippen LogP contribution >= 0.6 is 0 Å². The Labute approximate surface area is 345 Å². The number of nitrogens with zero attached hydrogens (tertiary/aromatic N) is 1. The highest BCUT2D eigenvalue weighted by atomic mass is 16.7. The summed E-state index contributed by atoms with van der Waals surface area (Å²) in [5.74, 6) is -0.319. The molecule has 5 saturated carbocycles. The van der Waals surface area contributed by atoms with Crippen LogP contribution in [0.5, 0.6) is 0 Å². The number of aliphatic hydroxyl groups is 5. The summed E-state index contributed by atoms with van der Waals surface area (Å²) in [6.07, 6.45) is 11.5. The predicted octanol–water partition coefficient (Wildman–Crippen LogP) is 5.97. The van der Waals surface area contributed by atoms with Crippen LogP contribution < -0.4 is 5.48 Å². The van der Waals surface area contributed by atoms with Crippen molar-refractivity contribution in [2.24, 2.45) is 52.3 Å². The van der Waals surface area contributed by atoms with Crippen molar-refractivity contribution in [1.29, 1.82) is 0 Å². The van der Waals surface area contributed by atoms with Gasteiger partial charge >= 0.3 is 0 Å². The summed E-state index contributed by atoms with van der Waals surface area (Å²) in [7, 11) is 1.71. The van der Waals surface area contributed by atoms with Crippen LogP contribution in [0.3, 0.4) is 0 Å². The maximum Gasteiger partial charge on any atom is 0.217 e. The third kappa shape index (κ3) is 7.41. The van der Waals surface area contributed by atoms with Gasteiger partial charge in [0.1, 0.15) is 0 Å². The van der Waals surface area contributed by atoms with Gasteiger partial charge in [0, 0.05) is 65.9 Å². The second kappa shape index (κ2) is 16.9. The standard InChI is InChI=1S/C45H74N2O11/c1-27-10-15-33(39(51)42(3)31(27)17-19-38(42)50)44(56-5,23-20-28-11-13-29(49)14-12-28)26-57-37-18-16-34(40(52)43(4)32(37)21-22-41(43,2)53)45(25-48)24-35(46-58-45)30-8-6-7-9-36(30)47(54)55/h13,25,27-28,30-40,46,49-53H,6-12,14-24,26H2,1-5H3/t27?,28-,30?,31?,32?,33?,34?,35?,36?,37?,38?,39-,40-,41?,42?,43-,44?,45?/m1/s1. The largest absolute Gasteiger partial charge is 0.513 e. The molecule has 1 heterocycles. The Balaban J connectivity index is 1.18. The maximum absolute atomic E-state index is 13.3. The predicted molar refractivity (Wildman–Crippen MR) is 216 cm³/mol. The quantitative estimate of drug-likeness (QED) is 0.0767. The van der Waals surface area contributed by atoms with Crippen molar-refractivity contribution in [3.8, 4) is 0 Å². The number of methoxy groups -OCH3 is 1. The summed E-state index contributed by atoms with van der Waals surface area (Å²) >= 11 is 0. The van der Waals surface area contributed by atoms with E-state index in [1.165, 1.54) is 0 Å². The van der Waals surface area contributed by atoms with E-state index in [1.807, 2.05) is 13.0 Å².